The number of nitrogens with one attached hydrogen (secondary N) is 1. The second-order valence-corrected chi connectivity index (χ2v) is 10.2. The molecule has 1 fully saturated rings. The molecule has 1 N–H and O–H groups in total. The third kappa shape index (κ3) is 4.29. The maximum atomic E-state index is 12.6. The first-order chi connectivity index (χ1) is 13.9. The van der Waals surface area contributed by atoms with Gasteiger partial charge in [0.2, 0.25) is 0 Å². The van der Waals surface area contributed by atoms with Crippen LogP contribution in [0.5, 0.6) is 0 Å². The number of ether oxygens (including phenoxy) is 2. The number of halogens is 1. The fraction of sp³-hybridized carbons (Fsp3) is 0.450. The molecule has 6 nitrogen and oxygen atoms in total. The predicted octanol–water partition coefficient (Wildman–Crippen LogP) is 4.08. The van der Waals surface area contributed by atoms with Gasteiger partial charge in [0.05, 0.1) is 18.8 Å². The van der Waals surface area contributed by atoms with Crippen LogP contribution in [-0.2, 0) is 15.0 Å². The van der Waals surface area contributed by atoms with Crippen molar-refractivity contribution < 1.29 is 14.3 Å². The van der Waals surface area contributed by atoms with Gasteiger partial charge in [0.25, 0.3) is 5.91 Å². The van der Waals surface area contributed by atoms with Crippen molar-refractivity contribution in [2.24, 2.45) is 10.9 Å². The number of thioether (sulfide) groups is 1. The summed E-state index contributed by atoms with van der Waals surface area (Å²) in [5.74, 6) is 0.900. The summed E-state index contributed by atoms with van der Waals surface area (Å²) in [5.41, 5.74) is -0.344. The number of nitrogens with zero attached hydrogens (tertiary/aromatic N) is 2. The number of amides is 1. The molecule has 154 valence electrons. The van der Waals surface area contributed by atoms with Crippen molar-refractivity contribution in [3.63, 3.8) is 0 Å². The number of hydrogen-bond acceptors (Lipinski definition) is 7. The lowest BCUT2D eigenvalue weighted by Crippen LogP contribution is -2.55. The highest BCUT2D eigenvalue weighted by molar-refractivity contribution is 9.10. The summed E-state index contributed by atoms with van der Waals surface area (Å²) >= 11 is 6.60. The van der Waals surface area contributed by atoms with Crippen molar-refractivity contribution in [3.05, 3.63) is 50.9 Å². The number of benzene rings is 1. The molecule has 0 radical (unpaired) electrons. The summed E-state index contributed by atoms with van der Waals surface area (Å²) in [6.45, 7) is 3.02. The third-order valence-corrected chi connectivity index (χ3v) is 8.02. The van der Waals surface area contributed by atoms with Crippen molar-refractivity contribution in [1.29, 1.82) is 0 Å². The molecule has 1 saturated heterocycles. The molecule has 0 unspecified atom stereocenters. The van der Waals surface area contributed by atoms with Crippen molar-refractivity contribution in [2.45, 2.75) is 24.5 Å². The van der Waals surface area contributed by atoms with Gasteiger partial charge in [-0.05, 0) is 41.4 Å². The SMILES string of the molecule is COC[C@]1(C)C[C@H]2CSC(NC(=O)c3ccccc3)=N[C@@]2(c2nc(Br)cs2)CO1. The zero-order valence-electron chi connectivity index (χ0n) is 16.2. The van der Waals surface area contributed by atoms with Gasteiger partial charge in [-0.15, -0.1) is 11.3 Å². The number of carbonyl (C=O) groups excluding carboxylic acids is 1. The van der Waals surface area contributed by atoms with Gasteiger partial charge in [0.1, 0.15) is 15.1 Å². The minimum atomic E-state index is -0.603. The molecular formula is C20H22BrN3O3S2. The van der Waals surface area contributed by atoms with E-state index in [0.29, 0.717) is 23.9 Å². The lowest BCUT2D eigenvalue weighted by molar-refractivity contribution is -0.147. The summed E-state index contributed by atoms with van der Waals surface area (Å²) in [7, 11) is 1.69. The number of rotatable bonds is 4. The summed E-state index contributed by atoms with van der Waals surface area (Å²) in [4.78, 5) is 22.3. The number of carbonyl (C=O) groups is 1. The van der Waals surface area contributed by atoms with Gasteiger partial charge < -0.3 is 14.8 Å². The Balaban J connectivity index is 1.65. The Labute approximate surface area is 186 Å². The molecule has 0 aliphatic carbocycles. The van der Waals surface area contributed by atoms with Crippen molar-refractivity contribution >= 4 is 50.1 Å². The molecule has 3 heterocycles. The molecule has 3 atom stereocenters. The second-order valence-electron chi connectivity index (χ2n) is 7.52. The standard InChI is InChI=1S/C20H22BrN3O3S2/c1-19(11-26-2)8-14-9-29-18(23-16(25)13-6-4-3-5-7-13)24-20(14,12-27-19)17-22-15(21)10-28-17/h3-7,10,14H,8-9,11-12H2,1-2H3,(H,23,24,25)/t14-,19-,20-/m0/s1. The average Bonchev–Trinajstić information content (AvgIpc) is 3.16. The number of methoxy groups -OCH3 is 1. The lowest BCUT2D eigenvalue weighted by Gasteiger charge is -2.48. The molecule has 29 heavy (non-hydrogen) atoms. The highest BCUT2D eigenvalue weighted by Crippen LogP contribution is 2.49. The molecule has 4 rings (SSSR count). The van der Waals surface area contributed by atoms with Crippen LogP contribution in [0.15, 0.2) is 45.3 Å². The monoisotopic (exact) mass is 495 g/mol. The number of aliphatic imine (C=N–C) groups is 1. The smallest absolute Gasteiger partial charge is 0.257 e. The van der Waals surface area contributed by atoms with E-state index in [4.69, 9.17) is 14.5 Å². The molecule has 1 aromatic carbocycles. The second kappa shape index (κ2) is 8.47. The van der Waals surface area contributed by atoms with Gasteiger partial charge >= 0.3 is 0 Å². The molecule has 9 heteroatoms. The maximum Gasteiger partial charge on any atom is 0.257 e. The van der Waals surface area contributed by atoms with E-state index in [1.165, 1.54) is 0 Å². The Kier molecular flexibility index (Phi) is 6.13. The van der Waals surface area contributed by atoms with Crippen LogP contribution in [0, 0.1) is 5.92 Å². The molecule has 0 saturated carbocycles. The molecular weight excluding hydrogens is 474 g/mol. The first-order valence-corrected chi connectivity index (χ1v) is 11.9. The highest BCUT2D eigenvalue weighted by atomic mass is 79.9. The van der Waals surface area contributed by atoms with Crippen molar-refractivity contribution in [2.75, 3.05) is 26.1 Å². The van der Waals surface area contributed by atoms with E-state index in [1.54, 1.807) is 42.3 Å². The van der Waals surface area contributed by atoms with Crippen molar-refractivity contribution in [3.8, 4) is 0 Å². The summed E-state index contributed by atoms with van der Waals surface area (Å²) < 4.78 is 12.5. The van der Waals surface area contributed by atoms with Gasteiger partial charge in [-0.1, -0.05) is 30.0 Å². The number of thiazole rings is 1. The fourth-order valence-corrected chi connectivity index (χ4v) is 6.44. The summed E-state index contributed by atoms with van der Waals surface area (Å²) in [6.07, 6.45) is 0.814. The van der Waals surface area contributed by atoms with E-state index in [2.05, 4.69) is 33.2 Å². The lowest BCUT2D eigenvalue weighted by atomic mass is 9.76. The molecule has 1 aromatic heterocycles. The molecule has 1 amide bonds. The molecule has 2 aliphatic rings. The number of hydrogen-bond donors (Lipinski definition) is 1. The van der Waals surface area contributed by atoms with E-state index >= 15 is 0 Å². The molecule has 0 spiro atoms. The Morgan fingerprint density at radius 1 is 1.41 bits per heavy atom. The highest BCUT2D eigenvalue weighted by Gasteiger charge is 2.53. The van der Waals surface area contributed by atoms with Crippen LogP contribution in [0.4, 0.5) is 0 Å². The third-order valence-electron chi connectivity index (χ3n) is 5.27. The van der Waals surface area contributed by atoms with Crippen LogP contribution >= 0.6 is 39.0 Å². The molecule has 2 aromatic rings. The van der Waals surface area contributed by atoms with Gasteiger partial charge in [0, 0.05) is 29.7 Å². The zero-order valence-corrected chi connectivity index (χ0v) is 19.4. The van der Waals surface area contributed by atoms with E-state index in [1.807, 2.05) is 23.6 Å². The Morgan fingerprint density at radius 2 is 2.21 bits per heavy atom. The van der Waals surface area contributed by atoms with Gasteiger partial charge in [0.15, 0.2) is 5.17 Å². The van der Waals surface area contributed by atoms with Gasteiger partial charge in [-0.25, -0.2) is 9.98 Å². The van der Waals surface area contributed by atoms with Crippen LogP contribution in [0.1, 0.15) is 28.7 Å². The van der Waals surface area contributed by atoms with Crippen LogP contribution in [0.25, 0.3) is 0 Å². The van der Waals surface area contributed by atoms with Crippen molar-refractivity contribution in [1.82, 2.24) is 10.3 Å². The zero-order chi connectivity index (χ0) is 20.5. The number of fused-ring (bicyclic) bond motifs is 1. The first-order valence-electron chi connectivity index (χ1n) is 9.28. The Morgan fingerprint density at radius 3 is 2.90 bits per heavy atom. The van der Waals surface area contributed by atoms with E-state index in [9.17, 15) is 4.79 Å². The van der Waals surface area contributed by atoms with Crippen LogP contribution in [0.3, 0.4) is 0 Å². The van der Waals surface area contributed by atoms with E-state index in [-0.39, 0.29) is 17.4 Å². The Bertz CT molecular complexity index is 923. The van der Waals surface area contributed by atoms with Gasteiger partial charge in [-0.3, -0.25) is 4.79 Å². The fourth-order valence-electron chi connectivity index (χ4n) is 3.83. The maximum absolute atomic E-state index is 12.6. The Hall–Kier alpha value is -1.26. The van der Waals surface area contributed by atoms with Crippen LogP contribution < -0.4 is 5.32 Å². The average molecular weight is 496 g/mol. The summed E-state index contributed by atoms with van der Waals surface area (Å²) in [6, 6.07) is 9.17. The molecule has 0 bridgehead atoms. The molecule has 2 aliphatic heterocycles. The number of amidine groups is 1. The van der Waals surface area contributed by atoms with E-state index in [0.717, 1.165) is 21.8 Å². The van der Waals surface area contributed by atoms with Gasteiger partial charge in [-0.2, -0.15) is 0 Å². The predicted molar refractivity (Wildman–Crippen MR) is 120 cm³/mol. The first kappa shape index (κ1) is 21.0. The minimum absolute atomic E-state index is 0.160. The minimum Gasteiger partial charge on any atom is -0.382 e. The van der Waals surface area contributed by atoms with E-state index < -0.39 is 5.54 Å². The normalized spacial score (nSPS) is 29.1. The van der Waals surface area contributed by atoms with Crippen LogP contribution in [-0.4, -0.2) is 47.7 Å². The quantitative estimate of drug-likeness (QED) is 0.691. The number of aromatic nitrogens is 1. The van der Waals surface area contributed by atoms with Crippen LogP contribution in [0.2, 0.25) is 0 Å². The summed E-state index contributed by atoms with van der Waals surface area (Å²) in [5, 5.41) is 6.45. The largest absolute Gasteiger partial charge is 0.382 e. The topological polar surface area (TPSA) is 72.8 Å².